The largest absolute Gasteiger partial charge is 0.507 e. The van der Waals surface area contributed by atoms with E-state index in [1.807, 2.05) is 64.1 Å². The first-order valence-electron chi connectivity index (χ1n) is 20.7. The molecule has 0 aliphatic heterocycles. The summed E-state index contributed by atoms with van der Waals surface area (Å²) in [5.74, 6) is -1.09. The lowest BCUT2D eigenvalue weighted by Crippen LogP contribution is -2.01. The van der Waals surface area contributed by atoms with E-state index in [2.05, 4.69) is 23.8 Å². The van der Waals surface area contributed by atoms with Gasteiger partial charge in [0.15, 0.2) is 23.0 Å². The second kappa shape index (κ2) is 18.2. The minimum atomic E-state index is -0.444. The van der Waals surface area contributed by atoms with Gasteiger partial charge in [-0.25, -0.2) is 0 Å². The maximum Gasteiger partial charge on any atom is 0.167 e. The Balaban J connectivity index is 1.57. The summed E-state index contributed by atoms with van der Waals surface area (Å²) in [6.07, 6.45) is 6.74. The first-order valence-corrected chi connectivity index (χ1v) is 20.7. The number of nitrogens with zero attached hydrogens (tertiary/aromatic N) is 2. The molecule has 0 saturated heterocycles. The van der Waals surface area contributed by atoms with E-state index < -0.39 is 11.5 Å². The average molecular weight is 813 g/mol. The number of hydrogen-bond donors (Lipinski definition) is 6. The summed E-state index contributed by atoms with van der Waals surface area (Å²) in [5.41, 5.74) is 3.90. The van der Waals surface area contributed by atoms with Gasteiger partial charge in [0.1, 0.15) is 23.0 Å². The number of aromatic hydroxyl groups is 6. The Morgan fingerprint density at radius 1 is 0.517 bits per heavy atom. The van der Waals surface area contributed by atoms with Crippen molar-refractivity contribution in [1.82, 2.24) is 0 Å². The lowest BCUT2D eigenvalue weighted by Gasteiger charge is -2.23. The highest BCUT2D eigenvalue weighted by Gasteiger charge is 2.29. The molecule has 60 heavy (non-hydrogen) atoms. The molecule has 0 heterocycles. The highest BCUT2D eigenvalue weighted by Crippen LogP contribution is 2.54. The maximum atomic E-state index is 12.5. The predicted octanol–water partition coefficient (Wildman–Crippen LogP) is 12.6. The summed E-state index contributed by atoms with van der Waals surface area (Å²) < 4.78 is 11.6. The number of phenolic OH excluding ortho intramolecular Hbond substituents is 6. The van der Waals surface area contributed by atoms with E-state index in [4.69, 9.17) is 9.47 Å². The van der Waals surface area contributed by atoms with Crippen LogP contribution in [0.25, 0.3) is 32.7 Å². The van der Waals surface area contributed by atoms with Crippen LogP contribution in [-0.2, 0) is 0 Å². The summed E-state index contributed by atoms with van der Waals surface area (Å²) in [5, 5.41) is 72.4. The van der Waals surface area contributed by atoms with Crippen LogP contribution in [0.15, 0.2) is 70.6 Å². The van der Waals surface area contributed by atoms with Crippen LogP contribution < -0.4 is 9.47 Å². The molecule has 6 N–H and O–H groups in total. The molecule has 0 fully saturated rings. The van der Waals surface area contributed by atoms with Gasteiger partial charge in [0.2, 0.25) is 0 Å². The molecule has 0 aliphatic carbocycles. The zero-order valence-corrected chi connectivity index (χ0v) is 35.7. The van der Waals surface area contributed by atoms with Gasteiger partial charge in [-0.1, -0.05) is 66.5 Å². The standard InChI is InChI=1S/C50H56N2O8/c1-9-11-21-59-33-17-13-31(14-18-33)51-25-37-43-35(39(27(3)4)49(57)45(37)53)23-29(7)41(47(43)55)42-30(8)24-36-40(28(5)6)50(58)46(54)38(44(36)48(42)56)26-52-32-15-19-34(20-16-32)60-22-12-10-2/h13-20,23-28,53-58H,9-12,21-22H2,1-8H3. The third-order valence-corrected chi connectivity index (χ3v) is 10.9. The van der Waals surface area contributed by atoms with Gasteiger partial charge in [-0.2, -0.15) is 0 Å². The zero-order valence-electron chi connectivity index (χ0n) is 35.7. The Labute approximate surface area is 351 Å². The van der Waals surface area contributed by atoms with Gasteiger partial charge >= 0.3 is 0 Å². The van der Waals surface area contributed by atoms with E-state index in [0.29, 0.717) is 69.1 Å². The Hall–Kier alpha value is -6.42. The summed E-state index contributed by atoms with van der Waals surface area (Å²) in [6, 6.07) is 18.0. The van der Waals surface area contributed by atoms with Crippen LogP contribution in [0.2, 0.25) is 0 Å². The zero-order chi connectivity index (χ0) is 43.4. The fourth-order valence-corrected chi connectivity index (χ4v) is 7.83. The van der Waals surface area contributed by atoms with E-state index in [-0.39, 0.29) is 67.9 Å². The van der Waals surface area contributed by atoms with Crippen LogP contribution in [0.4, 0.5) is 11.4 Å². The number of hydrogen-bond acceptors (Lipinski definition) is 10. The number of phenols is 6. The first kappa shape index (κ1) is 43.2. The fourth-order valence-electron chi connectivity index (χ4n) is 7.83. The topological polar surface area (TPSA) is 165 Å². The summed E-state index contributed by atoms with van der Waals surface area (Å²) in [7, 11) is 0. The molecule has 0 radical (unpaired) electrons. The summed E-state index contributed by atoms with van der Waals surface area (Å²) >= 11 is 0. The molecule has 6 aromatic carbocycles. The number of ether oxygens (including phenoxy) is 2. The van der Waals surface area contributed by atoms with Crippen LogP contribution in [0, 0.1) is 13.8 Å². The van der Waals surface area contributed by atoms with Gasteiger partial charge in [0, 0.05) is 45.5 Å². The van der Waals surface area contributed by atoms with E-state index in [0.717, 1.165) is 25.7 Å². The van der Waals surface area contributed by atoms with Crippen LogP contribution in [-0.4, -0.2) is 56.3 Å². The predicted molar refractivity (Wildman–Crippen MR) is 243 cm³/mol. The normalized spacial score (nSPS) is 12.0. The molecule has 10 nitrogen and oxygen atoms in total. The Morgan fingerprint density at radius 3 is 1.18 bits per heavy atom. The Morgan fingerprint density at radius 2 is 0.867 bits per heavy atom. The molecule has 0 bridgehead atoms. The molecular weight excluding hydrogens is 757 g/mol. The monoisotopic (exact) mass is 812 g/mol. The van der Waals surface area contributed by atoms with Crippen molar-refractivity contribution in [2.24, 2.45) is 9.98 Å². The third-order valence-electron chi connectivity index (χ3n) is 10.9. The van der Waals surface area contributed by atoms with Crippen molar-refractivity contribution >= 4 is 45.3 Å². The van der Waals surface area contributed by atoms with Crippen molar-refractivity contribution in [1.29, 1.82) is 0 Å². The van der Waals surface area contributed by atoms with Gasteiger partial charge in [-0.3, -0.25) is 9.98 Å². The number of aryl methyl sites for hydroxylation is 2. The Bertz CT molecular complexity index is 2410. The summed E-state index contributed by atoms with van der Waals surface area (Å²) in [6.45, 7) is 16.6. The minimum absolute atomic E-state index is 0.0890. The van der Waals surface area contributed by atoms with Crippen molar-refractivity contribution in [2.45, 2.75) is 92.9 Å². The second-order valence-corrected chi connectivity index (χ2v) is 15.9. The molecular formula is C50H56N2O8. The average Bonchev–Trinajstić information content (AvgIpc) is 3.20. The van der Waals surface area contributed by atoms with Gasteiger partial charge in [0.05, 0.1) is 35.7 Å². The molecule has 314 valence electrons. The lowest BCUT2D eigenvalue weighted by atomic mass is 9.83. The number of aliphatic imine (C=N–C) groups is 2. The minimum Gasteiger partial charge on any atom is -0.507 e. The Kier molecular flexibility index (Phi) is 13.1. The van der Waals surface area contributed by atoms with E-state index in [1.54, 1.807) is 38.1 Å². The van der Waals surface area contributed by atoms with Crippen molar-refractivity contribution < 1.29 is 40.1 Å². The lowest BCUT2D eigenvalue weighted by molar-refractivity contribution is 0.309. The van der Waals surface area contributed by atoms with Crippen LogP contribution in [0.1, 0.15) is 112 Å². The summed E-state index contributed by atoms with van der Waals surface area (Å²) in [4.78, 5) is 9.24. The van der Waals surface area contributed by atoms with E-state index in [1.165, 1.54) is 12.4 Å². The van der Waals surface area contributed by atoms with Gasteiger partial charge < -0.3 is 40.1 Å². The van der Waals surface area contributed by atoms with Gasteiger partial charge in [0.25, 0.3) is 0 Å². The number of benzene rings is 6. The molecule has 6 rings (SSSR count). The SMILES string of the molecule is CCCCOc1ccc(N=Cc2c(O)c(O)c(C(C)C)c3cc(C)c(-c4c(C)cc5c(C(C)C)c(O)c(O)c(C=Nc6ccc(OCCCC)cc6)c5c4O)c(O)c23)cc1. The highest BCUT2D eigenvalue weighted by atomic mass is 16.5. The fraction of sp³-hybridized carbons (Fsp3) is 0.320. The smallest absolute Gasteiger partial charge is 0.167 e. The highest BCUT2D eigenvalue weighted by molar-refractivity contribution is 6.15. The molecule has 0 atom stereocenters. The van der Waals surface area contributed by atoms with Crippen LogP contribution in [0.5, 0.6) is 46.0 Å². The van der Waals surface area contributed by atoms with Crippen LogP contribution in [0.3, 0.4) is 0 Å². The number of fused-ring (bicyclic) bond motifs is 2. The molecule has 0 aromatic heterocycles. The molecule has 6 aromatic rings. The molecule has 0 saturated carbocycles. The van der Waals surface area contributed by atoms with Gasteiger partial charge in [-0.05, 0) is 109 Å². The number of unbranched alkanes of at least 4 members (excludes halogenated alkanes) is 2. The molecule has 0 unspecified atom stereocenters. The second-order valence-electron chi connectivity index (χ2n) is 15.9. The van der Waals surface area contributed by atoms with Crippen molar-refractivity contribution in [3.63, 3.8) is 0 Å². The third kappa shape index (κ3) is 8.37. The maximum absolute atomic E-state index is 12.5. The van der Waals surface area contributed by atoms with Gasteiger partial charge in [-0.15, -0.1) is 0 Å². The molecule has 0 aliphatic rings. The van der Waals surface area contributed by atoms with Crippen LogP contribution >= 0.6 is 0 Å². The first-order chi connectivity index (χ1) is 28.7. The molecule has 0 amide bonds. The van der Waals surface area contributed by atoms with E-state index >= 15 is 0 Å². The quantitative estimate of drug-likeness (QED) is 0.0339. The van der Waals surface area contributed by atoms with E-state index in [9.17, 15) is 30.6 Å². The van der Waals surface area contributed by atoms with Crippen molar-refractivity contribution in [3.05, 3.63) is 94.0 Å². The molecule has 10 heteroatoms. The molecule has 0 spiro atoms. The number of rotatable bonds is 15. The van der Waals surface area contributed by atoms with Crippen molar-refractivity contribution in [3.8, 4) is 57.1 Å². The van der Waals surface area contributed by atoms with Crippen molar-refractivity contribution in [2.75, 3.05) is 13.2 Å².